The molecule has 0 aliphatic carbocycles. The summed E-state index contributed by atoms with van der Waals surface area (Å²) in [5.74, 6) is 0. The van der Waals surface area contributed by atoms with Crippen LogP contribution in [0, 0.1) is 0 Å². The summed E-state index contributed by atoms with van der Waals surface area (Å²) < 4.78 is 129. The second kappa shape index (κ2) is 47.5. The molecule has 15 rings (SSSR count). The molecule has 5 aliphatic rings. The first-order valence-corrected chi connectivity index (χ1v) is 42.9. The minimum Gasteiger partial charge on any atom is -0.394 e. The van der Waals surface area contributed by atoms with Crippen molar-refractivity contribution in [2.45, 2.75) is 220 Å². The molecule has 0 spiro atoms. The van der Waals surface area contributed by atoms with Crippen molar-refractivity contribution in [3.05, 3.63) is 359 Å². The maximum atomic E-state index is 13.8. The Labute approximate surface area is 733 Å². The fourth-order valence-electron chi connectivity index (χ4n) is 16.1. The zero-order chi connectivity index (χ0) is 86.6. The molecular weight excluding hydrogens is 1620 g/mol. The highest BCUT2D eigenvalue weighted by atomic mass is 16.8. The Morgan fingerprint density at radius 2 is 0.389 bits per heavy atom. The molecule has 0 radical (unpaired) electrons. The normalized spacial score (nSPS) is 29.9. The van der Waals surface area contributed by atoms with Crippen LogP contribution in [0.15, 0.2) is 303 Å². The van der Waals surface area contributed by atoms with Crippen molar-refractivity contribution in [2.75, 3.05) is 33.0 Å². The third-order valence-electron chi connectivity index (χ3n) is 22.7. The quantitative estimate of drug-likeness (QED) is 0.0187. The molecule has 26 heteroatoms. The van der Waals surface area contributed by atoms with Gasteiger partial charge in [-0.25, -0.2) is 0 Å². The monoisotopic (exact) mass is 1730 g/mol. The van der Waals surface area contributed by atoms with Crippen LogP contribution in [-0.2, 0) is 156 Å². The van der Waals surface area contributed by atoms with Crippen LogP contribution >= 0.6 is 0 Å². The largest absolute Gasteiger partial charge is 0.394 e. The lowest BCUT2D eigenvalue weighted by Gasteiger charge is -2.51. The van der Waals surface area contributed by atoms with Crippen molar-refractivity contribution < 1.29 is 126 Å². The number of rotatable bonds is 43. The first-order chi connectivity index (χ1) is 61.9. The van der Waals surface area contributed by atoms with Gasteiger partial charge in [-0.05, 0) is 55.6 Å². The Morgan fingerprint density at radius 3 is 0.698 bits per heavy atom. The predicted molar refractivity (Wildman–Crippen MR) is 457 cm³/mol. The summed E-state index contributed by atoms with van der Waals surface area (Å²) in [7, 11) is 0. The molecule has 668 valence electrons. The van der Waals surface area contributed by atoms with Crippen LogP contribution in [0.25, 0.3) is 0 Å². The number of hydrogen-bond acceptors (Lipinski definition) is 26. The Morgan fingerprint density at radius 1 is 0.183 bits per heavy atom. The minimum absolute atomic E-state index is 0.0209. The molecule has 25 atom stereocenters. The highest BCUT2D eigenvalue weighted by molar-refractivity contribution is 5.22. The Kier molecular flexibility index (Phi) is 34.6. The van der Waals surface area contributed by atoms with Gasteiger partial charge >= 0.3 is 0 Å². The minimum atomic E-state index is -2.04. The van der Waals surface area contributed by atoms with E-state index in [-0.39, 0.29) is 85.9 Å². The van der Waals surface area contributed by atoms with Gasteiger partial charge in [-0.1, -0.05) is 303 Å². The standard InChI is InChI=1S/C100H112O26/c101-51-76-88(112-56-70-39-19-5-20-40-70)93(84(105)97(119-76)117-61-75-49-29-10-30-50-75)125-100-86(107)95(91(115-59-73-45-25-8-26-46-73)80(123-100)65-118-96-83(104)92(116-60-74-47-27-9-28-48-74)89(113-57-71-41-21-6-22-42-71)78(120-96)63-109-53-67-33-13-2-14-34-67)126-99-85(106)94(90(114-58-72-43-23-7-24-44-72)79(122-99)64-110-54-68-35-15-3-16-36-68)124-98-82(103)81(102)87(111-55-69-37-17-4-18-38-69)77(121-98)62-108-52-66-31-11-1-12-32-66/h1-50,76-107H,51-65H2/t76-,77-,78-,79-,80-,81-,82-,83-,84-,85-,86-,87-,88-,89-,90-,91-,92-,93-,94-,95-,96-,97-,98+,99+,100+/m1/s1. The molecule has 0 unspecified atom stereocenters. The molecule has 10 aromatic rings. The highest BCUT2D eigenvalue weighted by Crippen LogP contribution is 2.40. The second-order valence-electron chi connectivity index (χ2n) is 31.8. The zero-order valence-electron chi connectivity index (χ0n) is 69.8. The van der Waals surface area contributed by atoms with Crippen LogP contribution in [0.3, 0.4) is 0 Å². The SMILES string of the molecule is OC[C@H]1O[C@@H](OCc2ccccc2)[C@H](O)[C@@H](O[C@@H]2O[C@H](CO[C@@H]3O[C@H](COCc4ccccc4)[C@@H](OCc4ccccc4)[C@H](OCc4ccccc4)[C@H]3O)[C@@H](OCc3ccccc3)[C@H](O[C@@H]3O[C@H](COCc4ccccc4)[C@@H](OCc4ccccc4)[C@H](O[C@@H]4O[C@H](COCc5ccccc5)[C@@H](OCc5ccccc5)[C@H](O)[C@H]4O)[C@H]3O)[C@H]2O)[C@@H]1OCc1ccccc1. The maximum Gasteiger partial charge on any atom is 0.187 e. The number of hydrogen-bond donors (Lipinski definition) is 7. The summed E-state index contributed by atoms with van der Waals surface area (Å²) in [6, 6.07) is 93.8. The number of benzene rings is 10. The van der Waals surface area contributed by atoms with Crippen molar-refractivity contribution in [2.24, 2.45) is 0 Å². The first kappa shape index (κ1) is 91.9. The molecule has 5 heterocycles. The van der Waals surface area contributed by atoms with E-state index in [4.69, 9.17) is 90.0 Å². The molecule has 5 fully saturated rings. The third kappa shape index (κ3) is 25.4. The van der Waals surface area contributed by atoms with Crippen molar-refractivity contribution in [1.82, 2.24) is 0 Å². The predicted octanol–water partition coefficient (Wildman–Crippen LogP) is 10.3. The van der Waals surface area contributed by atoms with Crippen LogP contribution in [0.5, 0.6) is 0 Å². The van der Waals surface area contributed by atoms with Gasteiger partial charge in [-0.15, -0.1) is 0 Å². The summed E-state index contributed by atoms with van der Waals surface area (Å²) in [5.41, 5.74) is 7.81. The molecule has 26 nitrogen and oxygen atoms in total. The summed E-state index contributed by atoms with van der Waals surface area (Å²) in [5, 5.41) is 90.0. The average Bonchev–Trinajstić information content (AvgIpc) is 0.745. The lowest BCUT2D eigenvalue weighted by molar-refractivity contribution is -0.399. The molecule has 10 aromatic carbocycles. The van der Waals surface area contributed by atoms with E-state index in [1.165, 1.54) is 0 Å². The van der Waals surface area contributed by atoms with Crippen LogP contribution in [0.2, 0.25) is 0 Å². The molecule has 0 amide bonds. The van der Waals surface area contributed by atoms with Crippen molar-refractivity contribution in [3.8, 4) is 0 Å². The Balaban J connectivity index is 0.810. The molecule has 0 saturated carbocycles. The average molecular weight is 1730 g/mol. The molecular formula is C100H112O26. The summed E-state index contributed by atoms with van der Waals surface area (Å²) in [4.78, 5) is 0. The maximum absolute atomic E-state index is 13.8. The van der Waals surface area contributed by atoms with Gasteiger partial charge in [0.2, 0.25) is 0 Å². The van der Waals surface area contributed by atoms with Crippen molar-refractivity contribution >= 4 is 0 Å². The molecule has 0 aromatic heterocycles. The van der Waals surface area contributed by atoms with Gasteiger partial charge in [0.15, 0.2) is 31.5 Å². The van der Waals surface area contributed by atoms with E-state index in [1.807, 2.05) is 303 Å². The zero-order valence-corrected chi connectivity index (χ0v) is 69.8. The lowest BCUT2D eigenvalue weighted by atomic mass is 9.94. The van der Waals surface area contributed by atoms with E-state index >= 15 is 0 Å². The molecule has 126 heavy (non-hydrogen) atoms. The smallest absolute Gasteiger partial charge is 0.187 e. The fraction of sp³-hybridized carbons (Fsp3) is 0.400. The molecule has 5 saturated heterocycles. The van der Waals surface area contributed by atoms with Gasteiger partial charge in [0.25, 0.3) is 0 Å². The van der Waals surface area contributed by atoms with Crippen LogP contribution in [0.4, 0.5) is 0 Å². The topological polar surface area (TPSA) is 317 Å². The molecule has 0 bridgehead atoms. The molecule has 7 N–H and O–H groups in total. The fourth-order valence-corrected chi connectivity index (χ4v) is 16.1. The van der Waals surface area contributed by atoms with Crippen LogP contribution in [0.1, 0.15) is 55.6 Å². The summed E-state index contributed by atoms with van der Waals surface area (Å²) in [6.07, 6.45) is -38.3. The first-order valence-electron chi connectivity index (χ1n) is 42.9. The van der Waals surface area contributed by atoms with Gasteiger partial charge in [0, 0.05) is 0 Å². The van der Waals surface area contributed by atoms with E-state index in [1.54, 1.807) is 0 Å². The van der Waals surface area contributed by atoms with E-state index in [9.17, 15) is 35.7 Å². The van der Waals surface area contributed by atoms with Crippen LogP contribution in [-0.4, -0.2) is 222 Å². The van der Waals surface area contributed by atoms with E-state index in [0.717, 1.165) is 50.1 Å². The van der Waals surface area contributed by atoms with E-state index in [2.05, 4.69) is 0 Å². The molecule has 5 aliphatic heterocycles. The van der Waals surface area contributed by atoms with Gasteiger partial charge in [-0.3, -0.25) is 0 Å². The Hall–Kier alpha value is -8.84. The van der Waals surface area contributed by atoms with Crippen LogP contribution < -0.4 is 0 Å². The summed E-state index contributed by atoms with van der Waals surface area (Å²) >= 11 is 0. The van der Waals surface area contributed by atoms with E-state index in [0.29, 0.717) is 5.56 Å². The van der Waals surface area contributed by atoms with Gasteiger partial charge in [0.05, 0.1) is 99.1 Å². The third-order valence-corrected chi connectivity index (χ3v) is 22.7. The number of aliphatic hydroxyl groups is 7. The lowest BCUT2D eigenvalue weighted by Crippen LogP contribution is -2.68. The summed E-state index contributed by atoms with van der Waals surface area (Å²) in [6.45, 7) is -1.60. The second-order valence-corrected chi connectivity index (χ2v) is 31.8. The van der Waals surface area contributed by atoms with Crippen molar-refractivity contribution in [1.29, 1.82) is 0 Å². The van der Waals surface area contributed by atoms with E-state index < -0.39 is 167 Å². The highest BCUT2D eigenvalue weighted by Gasteiger charge is 2.59. The number of aliphatic hydroxyl groups excluding tert-OH is 7. The van der Waals surface area contributed by atoms with Gasteiger partial charge in [-0.2, -0.15) is 0 Å². The van der Waals surface area contributed by atoms with Gasteiger partial charge < -0.3 is 126 Å². The number of ether oxygens (including phenoxy) is 19. The Bertz CT molecular complexity index is 4680. The van der Waals surface area contributed by atoms with Crippen molar-refractivity contribution in [3.63, 3.8) is 0 Å². The van der Waals surface area contributed by atoms with Gasteiger partial charge in [0.1, 0.15) is 122 Å².